The monoisotopic (exact) mass is 550 g/mol. The van der Waals surface area contributed by atoms with Gasteiger partial charge >= 0.3 is 0 Å². The van der Waals surface area contributed by atoms with Crippen molar-refractivity contribution < 1.29 is 23.1 Å². The molecule has 10 nitrogen and oxygen atoms in total. The topological polar surface area (TPSA) is 141 Å². The third kappa shape index (κ3) is 6.22. The second-order valence-electron chi connectivity index (χ2n) is 9.86. The molecule has 1 fully saturated rings. The second-order valence-corrected chi connectivity index (χ2v) is 12.4. The number of fused-ring (bicyclic) bond motifs is 1. The van der Waals surface area contributed by atoms with Crippen molar-refractivity contribution in [3.63, 3.8) is 0 Å². The average Bonchev–Trinajstić information content (AvgIpc) is 3.23. The number of unbranched alkanes of at least 4 members (excludes halogenated alkanes) is 1. The number of H-pyrrole nitrogens is 1. The highest BCUT2D eigenvalue weighted by Crippen LogP contribution is 2.32. The van der Waals surface area contributed by atoms with Crippen LogP contribution in [0.1, 0.15) is 49.8 Å². The van der Waals surface area contributed by atoms with Crippen molar-refractivity contribution in [1.29, 1.82) is 0 Å². The number of sulfone groups is 1. The van der Waals surface area contributed by atoms with Crippen LogP contribution < -0.4 is 5.56 Å². The maximum atomic E-state index is 13.6. The van der Waals surface area contributed by atoms with E-state index in [9.17, 15) is 27.9 Å². The highest BCUT2D eigenvalue weighted by Gasteiger charge is 2.43. The van der Waals surface area contributed by atoms with Crippen LogP contribution in [0.3, 0.4) is 0 Å². The molecule has 2 N–H and O–H groups in total. The van der Waals surface area contributed by atoms with Crippen LogP contribution in [-0.2, 0) is 26.0 Å². The summed E-state index contributed by atoms with van der Waals surface area (Å²) in [4.78, 5) is 49.7. The summed E-state index contributed by atoms with van der Waals surface area (Å²) in [6.07, 6.45) is 2.55. The molecule has 37 heavy (non-hydrogen) atoms. The Balaban J connectivity index is 1.65. The molecule has 0 spiro atoms. The largest absolute Gasteiger partial charge is 0.391 e. The first-order chi connectivity index (χ1) is 17.5. The number of rotatable bonds is 7. The second kappa shape index (κ2) is 10.9. The Morgan fingerprint density at radius 1 is 1.22 bits per heavy atom. The number of carbonyl (C=O) groups is 2. The minimum Gasteiger partial charge on any atom is -0.391 e. The summed E-state index contributed by atoms with van der Waals surface area (Å²) in [7, 11) is -3.61. The van der Waals surface area contributed by atoms with E-state index in [2.05, 4.69) is 11.9 Å². The van der Waals surface area contributed by atoms with Gasteiger partial charge in [0.1, 0.15) is 17.6 Å². The molecule has 3 heterocycles. The number of nitrogens with zero attached hydrogens (tertiary/aromatic N) is 3. The van der Waals surface area contributed by atoms with Gasteiger partial charge in [0.25, 0.3) is 5.56 Å². The number of aliphatic hydroxyl groups is 1. The van der Waals surface area contributed by atoms with Gasteiger partial charge in [-0.2, -0.15) is 0 Å². The van der Waals surface area contributed by atoms with E-state index in [-0.39, 0.29) is 31.0 Å². The van der Waals surface area contributed by atoms with Crippen molar-refractivity contribution in [2.24, 2.45) is 0 Å². The third-order valence-corrected chi connectivity index (χ3v) is 7.85. The number of aromatic nitrogens is 2. The van der Waals surface area contributed by atoms with Gasteiger partial charge in [0.2, 0.25) is 11.8 Å². The van der Waals surface area contributed by atoms with E-state index in [1.165, 1.54) is 4.90 Å². The number of carbonyl (C=O) groups excluding carboxylic acids is 2. The number of aliphatic hydroxyl groups excluding tert-OH is 1. The maximum absolute atomic E-state index is 13.6. The Hall–Kier alpha value is -2.76. The molecule has 3 atom stereocenters. The molecule has 2 aliphatic rings. The van der Waals surface area contributed by atoms with Crippen LogP contribution in [0.15, 0.2) is 29.1 Å². The average molecular weight is 551 g/mol. The van der Waals surface area contributed by atoms with Crippen LogP contribution in [0, 0.1) is 0 Å². The molecule has 2 amide bonds. The van der Waals surface area contributed by atoms with Gasteiger partial charge in [-0.3, -0.25) is 14.4 Å². The van der Waals surface area contributed by atoms with Gasteiger partial charge in [0.15, 0.2) is 9.84 Å². The summed E-state index contributed by atoms with van der Waals surface area (Å²) < 4.78 is 23.3. The number of likely N-dealkylation sites (tertiary alicyclic amines) is 1. The Morgan fingerprint density at radius 3 is 2.57 bits per heavy atom. The fraction of sp³-hybridized carbons (Fsp3) is 0.520. The number of benzene rings is 1. The lowest BCUT2D eigenvalue weighted by atomic mass is 9.90. The van der Waals surface area contributed by atoms with Crippen LogP contribution in [0.25, 0.3) is 11.4 Å². The zero-order valence-electron chi connectivity index (χ0n) is 20.8. The normalized spacial score (nSPS) is 21.7. The molecule has 0 aliphatic carbocycles. The van der Waals surface area contributed by atoms with Crippen LogP contribution in [0.4, 0.5) is 0 Å². The summed E-state index contributed by atoms with van der Waals surface area (Å²) in [5.74, 6) is -1.62. The Labute approximate surface area is 220 Å². The highest BCUT2D eigenvalue weighted by molar-refractivity contribution is 7.91. The summed E-state index contributed by atoms with van der Waals surface area (Å²) >= 11 is 6.00. The van der Waals surface area contributed by atoms with Gasteiger partial charge in [0.05, 0.1) is 23.9 Å². The number of hydrogen-bond donors (Lipinski definition) is 2. The first-order valence-electron chi connectivity index (χ1n) is 12.3. The third-order valence-electron chi connectivity index (χ3n) is 6.83. The molecule has 2 aliphatic heterocycles. The highest BCUT2D eigenvalue weighted by atomic mass is 35.5. The lowest BCUT2D eigenvalue weighted by molar-refractivity contribution is -0.143. The van der Waals surface area contributed by atoms with Crippen molar-refractivity contribution in [2.45, 2.75) is 57.2 Å². The van der Waals surface area contributed by atoms with Gasteiger partial charge in [0, 0.05) is 42.3 Å². The zero-order chi connectivity index (χ0) is 26.9. The van der Waals surface area contributed by atoms with Crippen molar-refractivity contribution in [3.05, 3.63) is 50.9 Å². The molecule has 1 saturated heterocycles. The summed E-state index contributed by atoms with van der Waals surface area (Å²) in [5, 5.41) is 10.8. The maximum Gasteiger partial charge on any atom is 0.256 e. The predicted molar refractivity (Wildman–Crippen MR) is 139 cm³/mol. The van der Waals surface area contributed by atoms with Crippen LogP contribution >= 0.6 is 11.6 Å². The molecule has 0 radical (unpaired) electrons. The fourth-order valence-corrected chi connectivity index (χ4v) is 5.79. The molecule has 4 rings (SSSR count). The molecule has 12 heteroatoms. The Kier molecular flexibility index (Phi) is 8.05. The molecule has 0 bridgehead atoms. The van der Waals surface area contributed by atoms with E-state index >= 15 is 0 Å². The Bertz CT molecular complexity index is 1340. The minimum atomic E-state index is -3.61. The molecule has 1 unspecified atom stereocenters. The van der Waals surface area contributed by atoms with E-state index in [1.807, 2.05) is 0 Å². The van der Waals surface area contributed by atoms with E-state index < -0.39 is 39.6 Å². The lowest BCUT2D eigenvalue weighted by Crippen LogP contribution is -2.51. The number of amides is 2. The number of β-amino-alcohol motifs (C(OH)–C–C–N with tert-alkyl or cyclic N) is 1. The zero-order valence-corrected chi connectivity index (χ0v) is 22.4. The van der Waals surface area contributed by atoms with Crippen molar-refractivity contribution in [2.75, 3.05) is 25.1 Å². The van der Waals surface area contributed by atoms with Crippen LogP contribution in [0.5, 0.6) is 0 Å². The number of hydrogen-bond acceptors (Lipinski definition) is 7. The lowest BCUT2D eigenvalue weighted by Gasteiger charge is -2.36. The van der Waals surface area contributed by atoms with E-state index in [0.717, 1.165) is 29.6 Å². The van der Waals surface area contributed by atoms with Gasteiger partial charge < -0.3 is 19.9 Å². The number of aromatic amines is 1. The fourth-order valence-electron chi connectivity index (χ4n) is 5.05. The molecule has 2 aromatic rings. The molecule has 0 saturated carbocycles. The molecular weight excluding hydrogens is 520 g/mol. The van der Waals surface area contributed by atoms with Crippen LogP contribution in [-0.4, -0.2) is 82.4 Å². The Morgan fingerprint density at radius 2 is 1.92 bits per heavy atom. The molecule has 1 aromatic heterocycles. The van der Waals surface area contributed by atoms with Gasteiger partial charge in [-0.15, -0.1) is 0 Å². The number of nitrogens with one attached hydrogen (secondary N) is 1. The van der Waals surface area contributed by atoms with Crippen molar-refractivity contribution in [3.8, 4) is 11.4 Å². The van der Waals surface area contributed by atoms with Crippen molar-refractivity contribution in [1.82, 2.24) is 19.8 Å². The SMILES string of the molecule is CCCCC1CN(C(=O)[C@@H]2C[C@@H](O)CN2C(=O)CS(C)(=O)=O)Cc2c1nc(-c1ccc(Cl)cc1)[nH]c2=O. The summed E-state index contributed by atoms with van der Waals surface area (Å²) in [6, 6.07) is 6.01. The van der Waals surface area contributed by atoms with E-state index in [1.54, 1.807) is 24.3 Å². The van der Waals surface area contributed by atoms with Crippen molar-refractivity contribution >= 4 is 33.3 Å². The molecule has 1 aromatic carbocycles. The first-order valence-corrected chi connectivity index (χ1v) is 14.7. The van der Waals surface area contributed by atoms with E-state index in [4.69, 9.17) is 16.6 Å². The van der Waals surface area contributed by atoms with Gasteiger partial charge in [-0.25, -0.2) is 13.4 Å². The van der Waals surface area contributed by atoms with Gasteiger partial charge in [-0.1, -0.05) is 31.4 Å². The summed E-state index contributed by atoms with van der Waals surface area (Å²) in [5.41, 5.74) is 1.43. The predicted octanol–water partition coefficient (Wildman–Crippen LogP) is 1.71. The first kappa shape index (κ1) is 27.3. The smallest absolute Gasteiger partial charge is 0.256 e. The quantitative estimate of drug-likeness (QED) is 0.534. The standard InChI is InChI=1S/C25H31ClN4O6S/c1-3-4-5-16-11-29(25(34)20-10-18(31)12-30(20)21(32)14-37(2,35)36)13-19-22(16)27-23(28-24(19)33)15-6-8-17(26)9-7-15/h6-9,16,18,20,31H,3-5,10-14H2,1-2H3,(H,27,28,33)/t16?,18-,20+/m1/s1. The molecular formula is C25H31ClN4O6S. The number of halogens is 1. The van der Waals surface area contributed by atoms with E-state index in [0.29, 0.717) is 35.1 Å². The summed E-state index contributed by atoms with van der Waals surface area (Å²) in [6.45, 7) is 2.27. The minimum absolute atomic E-state index is 0.0146. The molecule has 200 valence electrons. The van der Waals surface area contributed by atoms with Crippen LogP contribution in [0.2, 0.25) is 5.02 Å². The van der Waals surface area contributed by atoms with Gasteiger partial charge in [-0.05, 0) is 30.7 Å².